The molecule has 4 rings (SSSR count). The number of nitrogens with one attached hydrogen (secondary N) is 1. The summed E-state index contributed by atoms with van der Waals surface area (Å²) in [7, 11) is 0. The fraction of sp³-hybridized carbons (Fsp3) is 0.571. The van der Waals surface area contributed by atoms with Gasteiger partial charge in [0.15, 0.2) is 5.78 Å². The molecule has 3 amide bonds. The van der Waals surface area contributed by atoms with Crippen LogP contribution in [-0.4, -0.2) is 34.7 Å². The van der Waals surface area contributed by atoms with E-state index >= 15 is 0 Å². The highest BCUT2D eigenvalue weighted by atomic mass is 16.2. The van der Waals surface area contributed by atoms with E-state index in [-0.39, 0.29) is 30.1 Å². The van der Waals surface area contributed by atoms with E-state index in [9.17, 15) is 14.4 Å². The van der Waals surface area contributed by atoms with Gasteiger partial charge >= 0.3 is 6.03 Å². The maximum Gasteiger partial charge on any atom is 0.325 e. The lowest BCUT2D eigenvalue weighted by atomic mass is 9.87. The number of carbonyl (C=O) groups is 3. The van der Waals surface area contributed by atoms with E-state index in [4.69, 9.17) is 0 Å². The Morgan fingerprint density at radius 3 is 2.15 bits per heavy atom. The van der Waals surface area contributed by atoms with Crippen LogP contribution in [0.2, 0.25) is 0 Å². The molecule has 3 fully saturated rings. The lowest BCUT2D eigenvalue weighted by molar-refractivity contribution is -0.132. The molecule has 0 atom stereocenters. The molecule has 1 aliphatic heterocycles. The summed E-state index contributed by atoms with van der Waals surface area (Å²) < 4.78 is 0. The average Bonchev–Trinajstić information content (AvgIpc) is 3.49. The Morgan fingerprint density at radius 2 is 1.62 bits per heavy atom. The molecule has 5 nitrogen and oxygen atoms in total. The van der Waals surface area contributed by atoms with E-state index in [0.29, 0.717) is 5.56 Å². The first-order valence-electron chi connectivity index (χ1n) is 9.52. The Hall–Kier alpha value is -2.17. The summed E-state index contributed by atoms with van der Waals surface area (Å²) in [6, 6.07) is 1.48. The molecule has 1 saturated heterocycles. The van der Waals surface area contributed by atoms with Crippen molar-refractivity contribution in [2.24, 2.45) is 11.8 Å². The van der Waals surface area contributed by atoms with E-state index < -0.39 is 11.6 Å². The standard InChI is InChI=1S/C21H26N2O3/c1-11-9-17(14(4)13(3)12(11)2)18(24)10-23-19(25)21(15-5-6-15,16-7-8-16)22-20(23)26/h9,15-16H,5-8,10H2,1-4H3,(H,22,26). The third-order valence-corrected chi connectivity index (χ3v) is 6.68. The molecule has 1 N–H and O–H groups in total. The van der Waals surface area contributed by atoms with Crippen molar-refractivity contribution in [3.8, 4) is 0 Å². The summed E-state index contributed by atoms with van der Waals surface area (Å²) >= 11 is 0. The Labute approximate surface area is 154 Å². The second-order valence-corrected chi connectivity index (χ2v) is 8.28. The van der Waals surface area contributed by atoms with Crippen LogP contribution in [-0.2, 0) is 4.79 Å². The molecule has 2 saturated carbocycles. The minimum absolute atomic E-state index is 0.167. The lowest BCUT2D eigenvalue weighted by Crippen LogP contribution is -2.51. The van der Waals surface area contributed by atoms with Gasteiger partial charge in [-0.3, -0.25) is 14.5 Å². The smallest absolute Gasteiger partial charge is 0.323 e. The third kappa shape index (κ3) is 2.40. The van der Waals surface area contributed by atoms with Gasteiger partial charge < -0.3 is 5.32 Å². The van der Waals surface area contributed by atoms with E-state index in [1.807, 2.05) is 33.8 Å². The summed E-state index contributed by atoms with van der Waals surface area (Å²) in [4.78, 5) is 39.8. The van der Waals surface area contributed by atoms with Crippen molar-refractivity contribution in [3.63, 3.8) is 0 Å². The fourth-order valence-electron chi connectivity index (χ4n) is 4.45. The number of nitrogens with zero attached hydrogens (tertiary/aromatic N) is 1. The number of urea groups is 1. The number of aryl methyl sites for hydroxylation is 1. The molecule has 0 aromatic heterocycles. The molecule has 0 radical (unpaired) electrons. The first kappa shape index (κ1) is 17.3. The molecule has 0 spiro atoms. The first-order chi connectivity index (χ1) is 12.3. The molecule has 26 heavy (non-hydrogen) atoms. The fourth-order valence-corrected chi connectivity index (χ4v) is 4.45. The molecule has 5 heteroatoms. The van der Waals surface area contributed by atoms with Gasteiger partial charge in [0.25, 0.3) is 5.91 Å². The van der Waals surface area contributed by atoms with Gasteiger partial charge in [0.1, 0.15) is 5.54 Å². The van der Waals surface area contributed by atoms with E-state index in [1.165, 1.54) is 5.56 Å². The highest BCUT2D eigenvalue weighted by Gasteiger charge is 2.65. The Morgan fingerprint density at radius 1 is 1.04 bits per heavy atom. The molecule has 1 aromatic rings. The summed E-state index contributed by atoms with van der Waals surface area (Å²) in [6.07, 6.45) is 3.94. The topological polar surface area (TPSA) is 66.5 Å². The normalized spacial score (nSPS) is 21.9. The van der Waals surface area contributed by atoms with Gasteiger partial charge in [-0.05, 0) is 93.5 Å². The molecule has 3 aliphatic rings. The summed E-state index contributed by atoms with van der Waals surface area (Å²) in [6.45, 7) is 7.79. The second-order valence-electron chi connectivity index (χ2n) is 8.28. The van der Waals surface area contributed by atoms with Crippen molar-refractivity contribution in [3.05, 3.63) is 33.9 Å². The molecule has 1 aromatic carbocycles. The van der Waals surface area contributed by atoms with Crippen molar-refractivity contribution < 1.29 is 14.4 Å². The number of imide groups is 1. The highest BCUT2D eigenvalue weighted by molar-refractivity contribution is 6.12. The largest absolute Gasteiger partial charge is 0.325 e. The predicted octanol–water partition coefficient (Wildman–Crippen LogP) is 3.21. The maximum atomic E-state index is 13.1. The van der Waals surface area contributed by atoms with Crippen LogP contribution in [0.5, 0.6) is 0 Å². The van der Waals surface area contributed by atoms with E-state index in [1.54, 1.807) is 0 Å². The lowest BCUT2D eigenvalue weighted by Gasteiger charge is -2.26. The zero-order chi connectivity index (χ0) is 18.8. The van der Waals surface area contributed by atoms with E-state index in [2.05, 4.69) is 5.32 Å². The summed E-state index contributed by atoms with van der Waals surface area (Å²) in [5, 5.41) is 2.98. The minimum atomic E-state index is -0.731. The van der Waals surface area contributed by atoms with Gasteiger partial charge in [-0.2, -0.15) is 0 Å². The Balaban J connectivity index is 1.61. The van der Waals surface area contributed by atoms with Crippen LogP contribution in [0, 0.1) is 39.5 Å². The molecular formula is C21H26N2O3. The van der Waals surface area contributed by atoms with Gasteiger partial charge in [0.2, 0.25) is 0 Å². The van der Waals surface area contributed by atoms with Crippen LogP contribution in [0.15, 0.2) is 6.07 Å². The summed E-state index contributed by atoms with van der Waals surface area (Å²) in [5.74, 6) is 0.146. The third-order valence-electron chi connectivity index (χ3n) is 6.68. The maximum absolute atomic E-state index is 13.1. The zero-order valence-electron chi connectivity index (χ0n) is 15.9. The number of carbonyl (C=O) groups excluding carboxylic acids is 3. The zero-order valence-corrected chi connectivity index (χ0v) is 15.9. The SMILES string of the molecule is Cc1cc(C(=O)CN2C(=O)NC(C3CC3)(C3CC3)C2=O)c(C)c(C)c1C. The van der Waals surface area contributed by atoms with Crippen molar-refractivity contribution in [2.75, 3.05) is 6.54 Å². The summed E-state index contributed by atoms with van der Waals surface area (Å²) in [5.41, 5.74) is 4.14. The highest BCUT2D eigenvalue weighted by Crippen LogP contribution is 2.54. The molecular weight excluding hydrogens is 328 g/mol. The van der Waals surface area contributed by atoms with Crippen molar-refractivity contribution in [1.29, 1.82) is 0 Å². The number of rotatable bonds is 5. The quantitative estimate of drug-likeness (QED) is 0.652. The van der Waals surface area contributed by atoms with Crippen molar-refractivity contribution >= 4 is 17.7 Å². The molecule has 0 unspecified atom stereocenters. The van der Waals surface area contributed by atoms with E-state index in [0.717, 1.165) is 47.3 Å². The van der Waals surface area contributed by atoms with Crippen LogP contribution >= 0.6 is 0 Å². The van der Waals surface area contributed by atoms with Crippen LogP contribution in [0.3, 0.4) is 0 Å². The van der Waals surface area contributed by atoms with Gasteiger partial charge in [-0.1, -0.05) is 0 Å². The number of amides is 3. The van der Waals surface area contributed by atoms with Gasteiger partial charge in [0, 0.05) is 5.56 Å². The number of Topliss-reactive ketones (excluding diaryl/α,β-unsaturated/α-hetero) is 1. The molecule has 2 aliphatic carbocycles. The minimum Gasteiger partial charge on any atom is -0.323 e. The van der Waals surface area contributed by atoms with Crippen LogP contribution in [0.25, 0.3) is 0 Å². The van der Waals surface area contributed by atoms with Crippen LogP contribution < -0.4 is 5.32 Å². The number of ketones is 1. The number of hydrogen-bond acceptors (Lipinski definition) is 3. The second kappa shape index (κ2) is 5.66. The van der Waals surface area contributed by atoms with Gasteiger partial charge in [-0.25, -0.2) is 4.79 Å². The van der Waals surface area contributed by atoms with Gasteiger partial charge in [-0.15, -0.1) is 0 Å². The average molecular weight is 354 g/mol. The number of benzene rings is 1. The van der Waals surface area contributed by atoms with Crippen LogP contribution in [0.1, 0.15) is 58.3 Å². The van der Waals surface area contributed by atoms with Crippen LogP contribution in [0.4, 0.5) is 4.79 Å². The number of hydrogen-bond donors (Lipinski definition) is 1. The Bertz CT molecular complexity index is 822. The molecule has 1 heterocycles. The van der Waals surface area contributed by atoms with Crippen molar-refractivity contribution in [2.45, 2.75) is 58.9 Å². The molecule has 138 valence electrons. The molecule has 0 bridgehead atoms. The van der Waals surface area contributed by atoms with Gasteiger partial charge in [0.05, 0.1) is 6.54 Å². The van der Waals surface area contributed by atoms with Crippen molar-refractivity contribution in [1.82, 2.24) is 10.2 Å². The first-order valence-corrected chi connectivity index (χ1v) is 9.52. The monoisotopic (exact) mass is 354 g/mol. The Kier molecular flexibility index (Phi) is 3.76. The predicted molar refractivity (Wildman–Crippen MR) is 98.1 cm³/mol.